The number of unbranched alkanes of at least 4 members (excludes halogenated alkanes) is 1. The fourth-order valence-electron chi connectivity index (χ4n) is 0.855. The molecule has 0 aliphatic heterocycles. The average Bonchev–Trinajstić information content (AvgIpc) is 2.25. The van der Waals surface area contributed by atoms with Crippen molar-refractivity contribution in [3.05, 3.63) is 36.5 Å². The van der Waals surface area contributed by atoms with Gasteiger partial charge in [-0.3, -0.25) is 0 Å². The van der Waals surface area contributed by atoms with Gasteiger partial charge in [-0.15, -0.1) is 0 Å². The number of rotatable bonds is 7. The molecule has 2 heteroatoms. The summed E-state index contributed by atoms with van der Waals surface area (Å²) in [7, 11) is 0. The van der Waals surface area contributed by atoms with E-state index in [9.17, 15) is 4.79 Å². The molecule has 0 amide bonds. The van der Waals surface area contributed by atoms with Crippen LogP contribution in [0.15, 0.2) is 36.5 Å². The van der Waals surface area contributed by atoms with Gasteiger partial charge in [0.05, 0.1) is 6.61 Å². The first kappa shape index (κ1) is 13.7. The van der Waals surface area contributed by atoms with Crippen LogP contribution in [0.2, 0.25) is 0 Å². The zero-order valence-electron chi connectivity index (χ0n) is 9.61. The summed E-state index contributed by atoms with van der Waals surface area (Å²) in [6.07, 6.45) is 14.0. The van der Waals surface area contributed by atoms with Crippen LogP contribution in [-0.2, 0) is 9.53 Å². The van der Waals surface area contributed by atoms with Crippen molar-refractivity contribution >= 4 is 5.97 Å². The first-order valence-corrected chi connectivity index (χ1v) is 5.47. The van der Waals surface area contributed by atoms with Gasteiger partial charge >= 0.3 is 5.97 Å². The molecule has 0 spiro atoms. The quantitative estimate of drug-likeness (QED) is 0.364. The highest BCUT2D eigenvalue weighted by Gasteiger charge is 1.91. The smallest absolute Gasteiger partial charge is 0.330 e. The molecule has 0 N–H and O–H groups in total. The Morgan fingerprint density at radius 2 is 1.80 bits per heavy atom. The monoisotopic (exact) mass is 208 g/mol. The van der Waals surface area contributed by atoms with Gasteiger partial charge in [-0.2, -0.15) is 0 Å². The number of carbonyl (C=O) groups is 1. The highest BCUT2D eigenvalue weighted by Crippen LogP contribution is 1.90. The van der Waals surface area contributed by atoms with Crippen LogP contribution in [0, 0.1) is 0 Å². The molecule has 0 aliphatic carbocycles. The van der Waals surface area contributed by atoms with E-state index in [1.807, 2.05) is 25.2 Å². The second kappa shape index (κ2) is 10.8. The lowest BCUT2D eigenvalue weighted by molar-refractivity contribution is -0.137. The zero-order valence-corrected chi connectivity index (χ0v) is 9.61. The lowest BCUT2D eigenvalue weighted by Gasteiger charge is -1.95. The van der Waals surface area contributed by atoms with E-state index in [0.29, 0.717) is 6.61 Å². The molecule has 15 heavy (non-hydrogen) atoms. The standard InChI is InChI=1S/C13H20O2/c1-3-5-6-7-8-9-10-11-13(14)15-12-4-2/h6-11H,3-5,12H2,1-2H3. The van der Waals surface area contributed by atoms with Gasteiger partial charge in [0.15, 0.2) is 0 Å². The zero-order chi connectivity index (χ0) is 11.4. The molecule has 0 radical (unpaired) electrons. The second-order valence-electron chi connectivity index (χ2n) is 3.13. The van der Waals surface area contributed by atoms with Crippen molar-refractivity contribution in [2.75, 3.05) is 6.61 Å². The normalized spacial score (nSPS) is 11.9. The number of carbonyl (C=O) groups excluding carboxylic acids is 1. The summed E-state index contributed by atoms with van der Waals surface area (Å²) in [5.41, 5.74) is 0. The van der Waals surface area contributed by atoms with Crippen LogP contribution in [0.3, 0.4) is 0 Å². The maximum absolute atomic E-state index is 11.0. The Bertz CT molecular complexity index is 237. The summed E-state index contributed by atoms with van der Waals surface area (Å²) in [5.74, 6) is -0.279. The molecule has 0 atom stereocenters. The van der Waals surface area contributed by atoms with Gasteiger partial charge in [-0.05, 0) is 12.8 Å². The Kier molecular flexibility index (Phi) is 9.83. The van der Waals surface area contributed by atoms with Crippen molar-refractivity contribution in [1.82, 2.24) is 0 Å². The van der Waals surface area contributed by atoms with Crippen molar-refractivity contribution in [3.63, 3.8) is 0 Å². The molecule has 0 heterocycles. The third kappa shape index (κ3) is 10.6. The molecule has 0 saturated heterocycles. The fraction of sp³-hybridized carbons (Fsp3) is 0.462. The highest BCUT2D eigenvalue weighted by atomic mass is 16.5. The second-order valence-corrected chi connectivity index (χ2v) is 3.13. The Labute approximate surface area is 92.3 Å². The van der Waals surface area contributed by atoms with Crippen LogP contribution in [0.4, 0.5) is 0 Å². The van der Waals surface area contributed by atoms with Crippen molar-refractivity contribution in [2.24, 2.45) is 0 Å². The van der Waals surface area contributed by atoms with E-state index >= 15 is 0 Å². The van der Waals surface area contributed by atoms with Gasteiger partial charge < -0.3 is 4.74 Å². The van der Waals surface area contributed by atoms with E-state index in [-0.39, 0.29) is 5.97 Å². The summed E-state index contributed by atoms with van der Waals surface area (Å²) in [4.78, 5) is 11.0. The third-order valence-corrected chi connectivity index (χ3v) is 1.61. The van der Waals surface area contributed by atoms with E-state index in [1.165, 1.54) is 6.08 Å². The molecule has 0 saturated carbocycles. The number of hydrogen-bond acceptors (Lipinski definition) is 2. The first-order valence-electron chi connectivity index (χ1n) is 5.47. The molecule has 0 aromatic rings. The van der Waals surface area contributed by atoms with Gasteiger partial charge in [0.2, 0.25) is 0 Å². The summed E-state index contributed by atoms with van der Waals surface area (Å²) in [5, 5.41) is 0. The van der Waals surface area contributed by atoms with Gasteiger partial charge in [0.25, 0.3) is 0 Å². The molecule has 0 fully saturated rings. The van der Waals surface area contributed by atoms with Crippen LogP contribution < -0.4 is 0 Å². The molecule has 0 bridgehead atoms. The van der Waals surface area contributed by atoms with E-state index < -0.39 is 0 Å². The minimum atomic E-state index is -0.279. The Balaban J connectivity index is 3.64. The van der Waals surface area contributed by atoms with Crippen LogP contribution in [0.5, 0.6) is 0 Å². The van der Waals surface area contributed by atoms with Crippen LogP contribution in [0.1, 0.15) is 33.1 Å². The van der Waals surface area contributed by atoms with Crippen LogP contribution >= 0.6 is 0 Å². The number of hydrogen-bond donors (Lipinski definition) is 0. The van der Waals surface area contributed by atoms with Crippen molar-refractivity contribution in [1.29, 1.82) is 0 Å². The van der Waals surface area contributed by atoms with E-state index in [0.717, 1.165) is 19.3 Å². The molecule has 84 valence electrons. The number of esters is 1. The summed E-state index contributed by atoms with van der Waals surface area (Å²) in [6.45, 7) is 4.59. The van der Waals surface area contributed by atoms with Gasteiger partial charge in [0.1, 0.15) is 0 Å². The largest absolute Gasteiger partial charge is 0.463 e. The lowest BCUT2D eigenvalue weighted by atomic mass is 10.3. The Morgan fingerprint density at radius 1 is 1.07 bits per heavy atom. The molecule has 0 aliphatic rings. The van der Waals surface area contributed by atoms with Crippen molar-refractivity contribution in [2.45, 2.75) is 33.1 Å². The minimum absolute atomic E-state index is 0.279. The lowest BCUT2D eigenvalue weighted by Crippen LogP contribution is -2.00. The molecule has 0 aromatic carbocycles. The van der Waals surface area contributed by atoms with Crippen LogP contribution in [-0.4, -0.2) is 12.6 Å². The topological polar surface area (TPSA) is 26.3 Å². The van der Waals surface area contributed by atoms with Gasteiger partial charge in [0, 0.05) is 6.08 Å². The Morgan fingerprint density at radius 3 is 2.47 bits per heavy atom. The Hall–Kier alpha value is -1.31. The number of ether oxygens (including phenoxy) is 1. The van der Waals surface area contributed by atoms with E-state index in [2.05, 4.69) is 13.0 Å². The molecule has 2 nitrogen and oxygen atoms in total. The predicted octanol–water partition coefficient (Wildman–Crippen LogP) is 3.41. The summed E-state index contributed by atoms with van der Waals surface area (Å²) < 4.78 is 4.86. The maximum Gasteiger partial charge on any atom is 0.330 e. The van der Waals surface area contributed by atoms with Gasteiger partial charge in [-0.25, -0.2) is 4.79 Å². The maximum atomic E-state index is 11.0. The molecular weight excluding hydrogens is 188 g/mol. The van der Waals surface area contributed by atoms with E-state index in [1.54, 1.807) is 6.08 Å². The highest BCUT2D eigenvalue weighted by molar-refractivity contribution is 5.82. The van der Waals surface area contributed by atoms with E-state index in [4.69, 9.17) is 4.74 Å². The van der Waals surface area contributed by atoms with Gasteiger partial charge in [-0.1, -0.05) is 50.6 Å². The minimum Gasteiger partial charge on any atom is -0.463 e. The average molecular weight is 208 g/mol. The SMILES string of the molecule is CCCC=CC=CC=CC(=O)OCCC. The first-order chi connectivity index (χ1) is 7.31. The summed E-state index contributed by atoms with van der Waals surface area (Å²) >= 11 is 0. The molecule has 0 rings (SSSR count). The molecule has 0 aromatic heterocycles. The predicted molar refractivity (Wildman–Crippen MR) is 63.6 cm³/mol. The molecular formula is C13H20O2. The van der Waals surface area contributed by atoms with Crippen LogP contribution in [0.25, 0.3) is 0 Å². The van der Waals surface area contributed by atoms with Crippen molar-refractivity contribution < 1.29 is 9.53 Å². The van der Waals surface area contributed by atoms with Crippen molar-refractivity contribution in [3.8, 4) is 0 Å². The third-order valence-electron chi connectivity index (χ3n) is 1.61. The molecule has 0 unspecified atom stereocenters. The summed E-state index contributed by atoms with van der Waals surface area (Å²) in [6, 6.07) is 0. The fourth-order valence-corrected chi connectivity index (χ4v) is 0.855. The number of allylic oxidation sites excluding steroid dienone is 5.